The Morgan fingerprint density at radius 2 is 2.04 bits per heavy atom. The molecule has 2 aromatic rings. The number of amides is 2. The molecule has 2 amide bonds. The van der Waals surface area contributed by atoms with E-state index in [1.165, 1.54) is 12.8 Å². The van der Waals surface area contributed by atoms with E-state index >= 15 is 0 Å². The van der Waals surface area contributed by atoms with Crippen LogP contribution in [0, 0.1) is 0 Å². The normalized spacial score (nSPS) is 14.9. The van der Waals surface area contributed by atoms with E-state index in [4.69, 9.17) is 11.6 Å². The number of rotatable bonds is 5. The summed E-state index contributed by atoms with van der Waals surface area (Å²) >= 11 is 5.96. The van der Waals surface area contributed by atoms with Crippen molar-refractivity contribution < 1.29 is 9.59 Å². The molecule has 1 heterocycles. The summed E-state index contributed by atoms with van der Waals surface area (Å²) in [7, 11) is 0. The lowest BCUT2D eigenvalue weighted by Crippen LogP contribution is -2.44. The maximum absolute atomic E-state index is 12.4. The fourth-order valence-electron chi connectivity index (χ4n) is 3.43. The molecule has 24 heavy (non-hydrogen) atoms. The molecule has 1 aliphatic rings. The number of carbonyl (C=O) groups excluding carboxylic acids is 2. The Morgan fingerprint density at radius 3 is 2.75 bits per heavy atom. The molecule has 0 spiro atoms. The fourth-order valence-corrected chi connectivity index (χ4v) is 3.61. The first kappa shape index (κ1) is 16.8. The number of aromatic amines is 1. The van der Waals surface area contributed by atoms with Crippen LogP contribution in [-0.2, 0) is 4.79 Å². The second kappa shape index (κ2) is 7.26. The molecule has 0 bridgehead atoms. The van der Waals surface area contributed by atoms with Gasteiger partial charge in [-0.1, -0.05) is 24.4 Å². The van der Waals surface area contributed by atoms with Gasteiger partial charge in [0.15, 0.2) is 0 Å². The average molecular weight is 348 g/mol. The molecular formula is C18H22ClN3O2. The second-order valence-corrected chi connectivity index (χ2v) is 6.65. The number of fused-ring (bicyclic) bond motifs is 1. The Morgan fingerprint density at radius 1 is 1.29 bits per heavy atom. The monoisotopic (exact) mass is 347 g/mol. The third-order valence-electron chi connectivity index (χ3n) is 4.65. The van der Waals surface area contributed by atoms with Gasteiger partial charge in [-0.25, -0.2) is 0 Å². The van der Waals surface area contributed by atoms with Crippen LogP contribution < -0.4 is 5.32 Å². The van der Waals surface area contributed by atoms with Gasteiger partial charge in [-0.05, 0) is 44.0 Å². The van der Waals surface area contributed by atoms with E-state index in [-0.39, 0.29) is 18.4 Å². The summed E-state index contributed by atoms with van der Waals surface area (Å²) < 4.78 is 0. The van der Waals surface area contributed by atoms with E-state index in [1.807, 2.05) is 17.9 Å². The van der Waals surface area contributed by atoms with Crippen LogP contribution in [-0.4, -0.2) is 40.8 Å². The molecule has 5 nitrogen and oxygen atoms in total. The minimum Gasteiger partial charge on any atom is -0.351 e. The van der Waals surface area contributed by atoms with Crippen molar-refractivity contribution in [3.63, 3.8) is 0 Å². The van der Waals surface area contributed by atoms with Gasteiger partial charge in [-0.2, -0.15) is 0 Å². The highest BCUT2D eigenvalue weighted by Gasteiger charge is 2.25. The van der Waals surface area contributed by atoms with Crippen molar-refractivity contribution in [2.75, 3.05) is 13.1 Å². The molecule has 2 N–H and O–H groups in total. The number of H-pyrrole nitrogens is 1. The van der Waals surface area contributed by atoms with Crippen molar-refractivity contribution in [2.45, 2.75) is 38.6 Å². The first-order valence-corrected chi connectivity index (χ1v) is 8.82. The third-order valence-corrected chi connectivity index (χ3v) is 4.89. The highest BCUT2D eigenvalue weighted by atomic mass is 35.5. The minimum absolute atomic E-state index is 0.0168. The average Bonchev–Trinajstić information content (AvgIpc) is 3.22. The number of nitrogens with one attached hydrogen (secondary N) is 2. The summed E-state index contributed by atoms with van der Waals surface area (Å²) in [5, 5.41) is 4.22. The highest BCUT2D eigenvalue weighted by Crippen LogP contribution is 2.23. The first-order chi connectivity index (χ1) is 11.6. The number of likely N-dealkylation sites (N-methyl/N-ethyl adjacent to an activating group) is 1. The number of aromatic nitrogens is 1. The van der Waals surface area contributed by atoms with Crippen molar-refractivity contribution in [2.24, 2.45) is 0 Å². The van der Waals surface area contributed by atoms with Gasteiger partial charge in [0.25, 0.3) is 5.91 Å². The summed E-state index contributed by atoms with van der Waals surface area (Å²) in [6.07, 6.45) is 4.49. The largest absolute Gasteiger partial charge is 0.351 e. The predicted octanol–water partition coefficient (Wildman–Crippen LogP) is 3.34. The van der Waals surface area contributed by atoms with Gasteiger partial charge >= 0.3 is 0 Å². The topological polar surface area (TPSA) is 65.2 Å². The zero-order chi connectivity index (χ0) is 17.1. The Bertz CT molecular complexity index is 750. The predicted molar refractivity (Wildman–Crippen MR) is 95.3 cm³/mol. The summed E-state index contributed by atoms with van der Waals surface area (Å²) in [4.78, 5) is 29.6. The molecule has 6 heteroatoms. The SMILES string of the molecule is CCN(C(=O)CNC(=O)c1cc2cc(Cl)ccc2[nH]1)C1CCCC1. The van der Waals surface area contributed by atoms with Crippen molar-refractivity contribution in [3.8, 4) is 0 Å². The van der Waals surface area contributed by atoms with Crippen molar-refractivity contribution in [3.05, 3.63) is 35.0 Å². The number of carbonyl (C=O) groups is 2. The summed E-state index contributed by atoms with van der Waals surface area (Å²) in [5.74, 6) is -0.296. The lowest BCUT2D eigenvalue weighted by Gasteiger charge is -2.27. The zero-order valence-corrected chi connectivity index (χ0v) is 14.5. The van der Waals surface area contributed by atoms with E-state index in [0.29, 0.717) is 23.3 Å². The number of nitrogens with zero attached hydrogens (tertiary/aromatic N) is 1. The molecule has 1 aliphatic carbocycles. The van der Waals surface area contributed by atoms with Gasteiger partial charge in [0, 0.05) is 28.5 Å². The van der Waals surface area contributed by atoms with Crippen LogP contribution in [0.3, 0.4) is 0 Å². The molecule has 3 rings (SSSR count). The Hall–Kier alpha value is -2.01. The minimum atomic E-state index is -0.279. The maximum Gasteiger partial charge on any atom is 0.268 e. The summed E-state index contributed by atoms with van der Waals surface area (Å²) in [6.45, 7) is 2.70. The van der Waals surface area contributed by atoms with E-state index in [1.54, 1.807) is 18.2 Å². The van der Waals surface area contributed by atoms with E-state index in [2.05, 4.69) is 10.3 Å². The summed E-state index contributed by atoms with van der Waals surface area (Å²) in [5.41, 5.74) is 1.28. The van der Waals surface area contributed by atoms with Crippen LogP contribution in [0.2, 0.25) is 5.02 Å². The highest BCUT2D eigenvalue weighted by molar-refractivity contribution is 6.31. The second-order valence-electron chi connectivity index (χ2n) is 6.22. The zero-order valence-electron chi connectivity index (χ0n) is 13.8. The molecule has 1 saturated carbocycles. The molecule has 0 aliphatic heterocycles. The number of hydrogen-bond acceptors (Lipinski definition) is 2. The molecule has 128 valence electrons. The first-order valence-electron chi connectivity index (χ1n) is 8.44. The molecule has 1 fully saturated rings. The number of benzene rings is 1. The molecule has 1 aromatic heterocycles. The summed E-state index contributed by atoms with van der Waals surface area (Å²) in [6, 6.07) is 7.48. The maximum atomic E-state index is 12.4. The molecular weight excluding hydrogens is 326 g/mol. The van der Waals surface area contributed by atoms with Crippen LogP contribution in [0.5, 0.6) is 0 Å². The molecule has 0 radical (unpaired) electrons. The number of hydrogen-bond donors (Lipinski definition) is 2. The third kappa shape index (κ3) is 3.56. The molecule has 0 unspecified atom stereocenters. The standard InChI is InChI=1S/C18H22ClN3O2/c1-2-22(14-5-3-4-6-14)17(23)11-20-18(24)16-10-12-9-13(19)7-8-15(12)21-16/h7-10,14,21H,2-6,11H2,1H3,(H,20,24). The van der Waals surface area contributed by atoms with Gasteiger partial charge in [0.1, 0.15) is 5.69 Å². The van der Waals surface area contributed by atoms with E-state index in [9.17, 15) is 9.59 Å². The van der Waals surface area contributed by atoms with Gasteiger partial charge in [0.05, 0.1) is 6.54 Å². The van der Waals surface area contributed by atoms with Crippen LogP contribution in [0.15, 0.2) is 24.3 Å². The van der Waals surface area contributed by atoms with Crippen LogP contribution in [0.4, 0.5) is 0 Å². The Labute approximate surface area is 146 Å². The lowest BCUT2D eigenvalue weighted by atomic mass is 10.2. The van der Waals surface area contributed by atoms with Gasteiger partial charge in [-0.3, -0.25) is 9.59 Å². The fraction of sp³-hybridized carbons (Fsp3) is 0.444. The molecule has 0 saturated heterocycles. The smallest absolute Gasteiger partial charge is 0.268 e. The quantitative estimate of drug-likeness (QED) is 0.871. The van der Waals surface area contributed by atoms with Crippen LogP contribution in [0.25, 0.3) is 10.9 Å². The molecule has 0 atom stereocenters. The van der Waals surface area contributed by atoms with Gasteiger partial charge in [-0.15, -0.1) is 0 Å². The van der Waals surface area contributed by atoms with E-state index in [0.717, 1.165) is 23.7 Å². The van der Waals surface area contributed by atoms with Crippen molar-refractivity contribution in [1.82, 2.24) is 15.2 Å². The van der Waals surface area contributed by atoms with Gasteiger partial charge in [0.2, 0.25) is 5.91 Å². The van der Waals surface area contributed by atoms with Crippen molar-refractivity contribution >= 4 is 34.3 Å². The Balaban J connectivity index is 1.62. The molecule has 1 aromatic carbocycles. The van der Waals surface area contributed by atoms with Crippen molar-refractivity contribution in [1.29, 1.82) is 0 Å². The lowest BCUT2D eigenvalue weighted by molar-refractivity contribution is -0.132. The Kier molecular flexibility index (Phi) is 5.09. The van der Waals surface area contributed by atoms with Gasteiger partial charge < -0.3 is 15.2 Å². The number of halogens is 1. The van der Waals surface area contributed by atoms with Crippen LogP contribution in [0.1, 0.15) is 43.1 Å². The van der Waals surface area contributed by atoms with Crippen LogP contribution >= 0.6 is 11.6 Å². The van der Waals surface area contributed by atoms with E-state index < -0.39 is 0 Å².